The summed E-state index contributed by atoms with van der Waals surface area (Å²) in [5, 5.41) is 13.7. The fourth-order valence-electron chi connectivity index (χ4n) is 2.29. The van der Waals surface area contributed by atoms with Crippen molar-refractivity contribution < 1.29 is 5.11 Å². The maximum Gasteiger partial charge on any atom is 0.0697 e. The molecule has 76 valence electrons. The molecular formula is C11H21NO. The van der Waals surface area contributed by atoms with Crippen molar-refractivity contribution in [2.75, 3.05) is 13.1 Å². The maximum atomic E-state index is 10.4. The van der Waals surface area contributed by atoms with E-state index in [0.29, 0.717) is 5.92 Å². The van der Waals surface area contributed by atoms with Gasteiger partial charge in [0.25, 0.3) is 0 Å². The number of rotatable bonds is 3. The lowest BCUT2D eigenvalue weighted by atomic mass is 9.79. The lowest BCUT2D eigenvalue weighted by molar-refractivity contribution is -0.0428. The van der Waals surface area contributed by atoms with E-state index in [1.807, 2.05) is 0 Å². The van der Waals surface area contributed by atoms with Crippen LogP contribution in [0.2, 0.25) is 0 Å². The van der Waals surface area contributed by atoms with E-state index in [0.717, 1.165) is 31.8 Å². The summed E-state index contributed by atoms with van der Waals surface area (Å²) < 4.78 is 0. The molecule has 0 aromatic heterocycles. The quantitative estimate of drug-likeness (QED) is 0.695. The molecule has 2 nitrogen and oxygen atoms in total. The SMILES string of the molecule is CC1CNCCC1(O)CCC1CC1. The van der Waals surface area contributed by atoms with Gasteiger partial charge in [0.15, 0.2) is 0 Å². The molecule has 2 N–H and O–H groups in total. The highest BCUT2D eigenvalue weighted by atomic mass is 16.3. The molecule has 2 fully saturated rings. The predicted molar refractivity (Wildman–Crippen MR) is 53.6 cm³/mol. The lowest BCUT2D eigenvalue weighted by Crippen LogP contribution is -2.48. The van der Waals surface area contributed by atoms with Gasteiger partial charge in [0, 0.05) is 6.54 Å². The van der Waals surface area contributed by atoms with Gasteiger partial charge in [-0.25, -0.2) is 0 Å². The summed E-state index contributed by atoms with van der Waals surface area (Å²) in [7, 11) is 0. The Hall–Kier alpha value is -0.0800. The summed E-state index contributed by atoms with van der Waals surface area (Å²) in [6, 6.07) is 0. The number of nitrogens with one attached hydrogen (secondary N) is 1. The van der Waals surface area contributed by atoms with E-state index in [-0.39, 0.29) is 5.60 Å². The second kappa shape index (κ2) is 3.58. The van der Waals surface area contributed by atoms with E-state index in [1.54, 1.807) is 0 Å². The van der Waals surface area contributed by atoms with Crippen LogP contribution in [-0.2, 0) is 0 Å². The smallest absolute Gasteiger partial charge is 0.0697 e. The second-order valence-corrected chi connectivity index (χ2v) is 4.94. The summed E-state index contributed by atoms with van der Waals surface area (Å²) in [5.74, 6) is 1.38. The van der Waals surface area contributed by atoms with Crippen LogP contribution in [0.25, 0.3) is 0 Å². The van der Waals surface area contributed by atoms with Crippen molar-refractivity contribution in [3.8, 4) is 0 Å². The van der Waals surface area contributed by atoms with Gasteiger partial charge >= 0.3 is 0 Å². The zero-order valence-electron chi connectivity index (χ0n) is 8.55. The molecule has 1 heterocycles. The Kier molecular flexibility index (Phi) is 2.61. The molecule has 0 bridgehead atoms. The van der Waals surface area contributed by atoms with Crippen LogP contribution in [0.5, 0.6) is 0 Å². The third-order valence-electron chi connectivity index (χ3n) is 3.78. The lowest BCUT2D eigenvalue weighted by Gasteiger charge is -2.38. The third kappa shape index (κ3) is 2.23. The summed E-state index contributed by atoms with van der Waals surface area (Å²) in [6.45, 7) is 4.14. The molecule has 2 unspecified atom stereocenters. The van der Waals surface area contributed by atoms with Crippen LogP contribution in [-0.4, -0.2) is 23.8 Å². The highest BCUT2D eigenvalue weighted by Gasteiger charge is 2.37. The molecule has 13 heavy (non-hydrogen) atoms. The van der Waals surface area contributed by atoms with Crippen molar-refractivity contribution in [1.29, 1.82) is 0 Å². The van der Waals surface area contributed by atoms with Crippen LogP contribution >= 0.6 is 0 Å². The average molecular weight is 183 g/mol. The first-order chi connectivity index (χ1) is 6.21. The topological polar surface area (TPSA) is 32.3 Å². The minimum absolute atomic E-state index is 0.353. The van der Waals surface area contributed by atoms with Gasteiger partial charge in [-0.2, -0.15) is 0 Å². The molecule has 2 atom stereocenters. The first-order valence-electron chi connectivity index (χ1n) is 5.64. The Bertz CT molecular complexity index is 179. The van der Waals surface area contributed by atoms with E-state index in [2.05, 4.69) is 12.2 Å². The van der Waals surface area contributed by atoms with Gasteiger partial charge in [-0.15, -0.1) is 0 Å². The van der Waals surface area contributed by atoms with Gasteiger partial charge in [0.2, 0.25) is 0 Å². The summed E-state index contributed by atoms with van der Waals surface area (Å²) in [5.41, 5.74) is -0.353. The van der Waals surface area contributed by atoms with E-state index in [9.17, 15) is 5.11 Å². The molecule has 0 radical (unpaired) electrons. The van der Waals surface area contributed by atoms with Crippen LogP contribution in [0, 0.1) is 11.8 Å². The standard InChI is InChI=1S/C11H21NO/c1-9-8-12-7-6-11(9,13)5-4-10-2-3-10/h9-10,12-13H,2-8H2,1H3. The molecule has 0 aromatic rings. The predicted octanol–water partition coefficient (Wildman–Crippen LogP) is 1.54. The molecule has 1 aliphatic heterocycles. The molecule has 2 rings (SSSR count). The monoisotopic (exact) mass is 183 g/mol. The number of piperidine rings is 1. The molecule has 1 saturated carbocycles. The largest absolute Gasteiger partial charge is 0.390 e. The van der Waals surface area contributed by atoms with E-state index in [1.165, 1.54) is 19.3 Å². The van der Waals surface area contributed by atoms with Gasteiger partial charge in [0.1, 0.15) is 0 Å². The van der Waals surface area contributed by atoms with Crippen molar-refractivity contribution >= 4 is 0 Å². The Morgan fingerprint density at radius 3 is 2.85 bits per heavy atom. The molecule has 2 aliphatic rings. The van der Waals surface area contributed by atoms with Gasteiger partial charge in [0.05, 0.1) is 5.60 Å². The van der Waals surface area contributed by atoms with Crippen LogP contribution in [0.3, 0.4) is 0 Å². The van der Waals surface area contributed by atoms with Gasteiger partial charge in [-0.1, -0.05) is 19.8 Å². The van der Waals surface area contributed by atoms with Gasteiger partial charge in [-0.3, -0.25) is 0 Å². The minimum Gasteiger partial charge on any atom is -0.390 e. The Morgan fingerprint density at radius 1 is 1.46 bits per heavy atom. The maximum absolute atomic E-state index is 10.4. The molecule has 1 aliphatic carbocycles. The van der Waals surface area contributed by atoms with Crippen LogP contribution in [0.15, 0.2) is 0 Å². The van der Waals surface area contributed by atoms with Gasteiger partial charge < -0.3 is 10.4 Å². The Labute approximate surface area is 80.7 Å². The first kappa shape index (κ1) is 9.47. The molecule has 1 saturated heterocycles. The number of hydrogen-bond donors (Lipinski definition) is 2. The van der Waals surface area contributed by atoms with Crippen molar-refractivity contribution in [2.45, 2.75) is 44.6 Å². The van der Waals surface area contributed by atoms with E-state index >= 15 is 0 Å². The fourth-order valence-corrected chi connectivity index (χ4v) is 2.29. The van der Waals surface area contributed by atoms with Crippen LogP contribution in [0.1, 0.15) is 39.0 Å². The van der Waals surface area contributed by atoms with E-state index in [4.69, 9.17) is 0 Å². The fraction of sp³-hybridized carbons (Fsp3) is 1.00. The first-order valence-corrected chi connectivity index (χ1v) is 5.64. The Balaban J connectivity index is 1.83. The molecular weight excluding hydrogens is 162 g/mol. The van der Waals surface area contributed by atoms with Crippen LogP contribution in [0.4, 0.5) is 0 Å². The molecule has 0 spiro atoms. The van der Waals surface area contributed by atoms with Crippen molar-refractivity contribution in [2.24, 2.45) is 11.8 Å². The molecule has 2 heteroatoms. The van der Waals surface area contributed by atoms with Crippen LogP contribution < -0.4 is 5.32 Å². The molecule has 0 aromatic carbocycles. The summed E-state index contributed by atoms with van der Waals surface area (Å²) in [6.07, 6.45) is 6.04. The molecule has 0 amide bonds. The van der Waals surface area contributed by atoms with Crippen molar-refractivity contribution in [3.63, 3.8) is 0 Å². The summed E-state index contributed by atoms with van der Waals surface area (Å²) >= 11 is 0. The highest BCUT2D eigenvalue weighted by molar-refractivity contribution is 4.91. The summed E-state index contributed by atoms with van der Waals surface area (Å²) in [4.78, 5) is 0. The highest BCUT2D eigenvalue weighted by Crippen LogP contribution is 2.38. The zero-order chi connectivity index (χ0) is 9.31. The number of hydrogen-bond acceptors (Lipinski definition) is 2. The third-order valence-corrected chi connectivity index (χ3v) is 3.78. The zero-order valence-corrected chi connectivity index (χ0v) is 8.55. The van der Waals surface area contributed by atoms with Crippen molar-refractivity contribution in [1.82, 2.24) is 5.32 Å². The van der Waals surface area contributed by atoms with Gasteiger partial charge in [-0.05, 0) is 37.6 Å². The average Bonchev–Trinajstić information content (AvgIpc) is 2.91. The number of aliphatic hydroxyl groups is 1. The minimum atomic E-state index is -0.353. The van der Waals surface area contributed by atoms with E-state index < -0.39 is 0 Å². The Morgan fingerprint density at radius 2 is 2.23 bits per heavy atom. The second-order valence-electron chi connectivity index (χ2n) is 4.94. The normalized spacial score (nSPS) is 40.6. The van der Waals surface area contributed by atoms with Crippen molar-refractivity contribution in [3.05, 3.63) is 0 Å².